The SMILES string of the molecule is CN=C(NCC(C)(C)OC)N1CCSC2(CCCCC2)C1.I. The van der Waals surface area contributed by atoms with E-state index in [4.69, 9.17) is 4.74 Å². The van der Waals surface area contributed by atoms with Crippen LogP contribution in [-0.2, 0) is 4.74 Å². The molecule has 0 radical (unpaired) electrons. The highest BCUT2D eigenvalue weighted by Gasteiger charge is 2.38. The Labute approximate surface area is 157 Å². The van der Waals surface area contributed by atoms with E-state index in [0.29, 0.717) is 4.75 Å². The molecule has 0 bridgehead atoms. The van der Waals surface area contributed by atoms with Gasteiger partial charge >= 0.3 is 0 Å². The Kier molecular flexibility index (Phi) is 8.30. The van der Waals surface area contributed by atoms with Crippen LogP contribution in [0.4, 0.5) is 0 Å². The fourth-order valence-corrected chi connectivity index (χ4v) is 4.79. The van der Waals surface area contributed by atoms with Crippen molar-refractivity contribution in [3.8, 4) is 0 Å². The first-order valence-corrected chi connectivity index (χ1v) is 9.14. The highest BCUT2D eigenvalue weighted by molar-refractivity contribution is 14.0. The van der Waals surface area contributed by atoms with Crippen molar-refractivity contribution in [1.29, 1.82) is 0 Å². The number of hydrogen-bond donors (Lipinski definition) is 1. The van der Waals surface area contributed by atoms with E-state index >= 15 is 0 Å². The predicted molar refractivity (Wildman–Crippen MR) is 108 cm³/mol. The summed E-state index contributed by atoms with van der Waals surface area (Å²) in [6, 6.07) is 0. The summed E-state index contributed by atoms with van der Waals surface area (Å²) < 4.78 is 5.97. The molecule has 2 fully saturated rings. The van der Waals surface area contributed by atoms with Crippen LogP contribution in [0, 0.1) is 0 Å². The number of halogens is 1. The molecule has 0 aromatic heterocycles. The number of ether oxygens (including phenoxy) is 1. The minimum atomic E-state index is -0.164. The number of rotatable bonds is 3. The minimum absolute atomic E-state index is 0. The third-order valence-corrected chi connectivity index (χ3v) is 6.29. The number of thioether (sulfide) groups is 1. The van der Waals surface area contributed by atoms with Crippen LogP contribution >= 0.6 is 35.7 Å². The van der Waals surface area contributed by atoms with E-state index in [1.54, 1.807) is 7.11 Å². The summed E-state index contributed by atoms with van der Waals surface area (Å²) in [4.78, 5) is 6.95. The highest BCUT2D eigenvalue weighted by Crippen LogP contribution is 2.42. The molecule has 1 spiro atoms. The van der Waals surface area contributed by atoms with Crippen molar-refractivity contribution >= 4 is 41.7 Å². The van der Waals surface area contributed by atoms with E-state index in [2.05, 4.69) is 40.8 Å². The van der Waals surface area contributed by atoms with Crippen molar-refractivity contribution in [1.82, 2.24) is 10.2 Å². The van der Waals surface area contributed by atoms with E-state index in [9.17, 15) is 0 Å². The van der Waals surface area contributed by atoms with Crippen LogP contribution in [-0.4, -0.2) is 60.8 Å². The number of aliphatic imine (C=N–C) groups is 1. The molecule has 2 rings (SSSR count). The first kappa shape index (κ1) is 20.4. The summed E-state index contributed by atoms with van der Waals surface area (Å²) in [5, 5.41) is 3.49. The van der Waals surface area contributed by atoms with Crippen molar-refractivity contribution in [2.45, 2.75) is 56.3 Å². The molecular formula is C16H32IN3OS. The second-order valence-electron chi connectivity index (χ2n) is 6.88. The topological polar surface area (TPSA) is 36.9 Å². The fraction of sp³-hybridized carbons (Fsp3) is 0.938. The van der Waals surface area contributed by atoms with Crippen molar-refractivity contribution < 1.29 is 4.74 Å². The predicted octanol–water partition coefficient (Wildman–Crippen LogP) is 3.36. The molecule has 0 unspecified atom stereocenters. The number of methoxy groups -OCH3 is 1. The van der Waals surface area contributed by atoms with Crippen LogP contribution in [0.3, 0.4) is 0 Å². The molecule has 6 heteroatoms. The lowest BCUT2D eigenvalue weighted by atomic mass is 9.87. The second kappa shape index (κ2) is 8.97. The van der Waals surface area contributed by atoms with Crippen LogP contribution in [0.5, 0.6) is 0 Å². The Hall–Kier alpha value is 0.310. The van der Waals surface area contributed by atoms with Crippen LogP contribution in [0.15, 0.2) is 4.99 Å². The maximum absolute atomic E-state index is 5.49. The molecule has 1 aliphatic carbocycles. The number of nitrogens with one attached hydrogen (secondary N) is 1. The summed E-state index contributed by atoms with van der Waals surface area (Å²) in [7, 11) is 3.65. The molecule has 1 heterocycles. The monoisotopic (exact) mass is 441 g/mol. The molecule has 1 saturated heterocycles. The van der Waals surface area contributed by atoms with Gasteiger partial charge in [0, 0.05) is 44.3 Å². The van der Waals surface area contributed by atoms with Crippen molar-refractivity contribution in [2.75, 3.05) is 39.5 Å². The van der Waals surface area contributed by atoms with Crippen molar-refractivity contribution in [3.63, 3.8) is 0 Å². The first-order chi connectivity index (χ1) is 10.0. The van der Waals surface area contributed by atoms with Crippen LogP contribution < -0.4 is 5.32 Å². The molecule has 4 nitrogen and oxygen atoms in total. The van der Waals surface area contributed by atoms with Crippen LogP contribution in [0.2, 0.25) is 0 Å². The fourth-order valence-electron chi connectivity index (χ4n) is 3.22. The van der Waals surface area contributed by atoms with Gasteiger partial charge in [0.15, 0.2) is 5.96 Å². The highest BCUT2D eigenvalue weighted by atomic mass is 127. The van der Waals surface area contributed by atoms with Gasteiger partial charge in [0.1, 0.15) is 0 Å². The van der Waals surface area contributed by atoms with Gasteiger partial charge in [-0.25, -0.2) is 0 Å². The van der Waals surface area contributed by atoms with E-state index in [0.717, 1.165) is 25.6 Å². The third kappa shape index (κ3) is 5.44. The van der Waals surface area contributed by atoms with E-state index in [-0.39, 0.29) is 29.6 Å². The lowest BCUT2D eigenvalue weighted by Crippen LogP contribution is -2.55. The summed E-state index contributed by atoms with van der Waals surface area (Å²) in [6.45, 7) is 7.22. The van der Waals surface area contributed by atoms with Gasteiger partial charge in [-0.3, -0.25) is 4.99 Å². The molecule has 130 valence electrons. The largest absolute Gasteiger partial charge is 0.377 e. The number of nitrogens with zero attached hydrogens (tertiary/aromatic N) is 2. The minimum Gasteiger partial charge on any atom is -0.377 e. The van der Waals surface area contributed by atoms with E-state index in [1.807, 2.05) is 7.05 Å². The van der Waals surface area contributed by atoms with Crippen molar-refractivity contribution in [2.24, 2.45) is 4.99 Å². The normalized spacial score (nSPS) is 22.4. The van der Waals surface area contributed by atoms with E-state index in [1.165, 1.54) is 37.9 Å². The summed E-state index contributed by atoms with van der Waals surface area (Å²) in [5.41, 5.74) is -0.164. The zero-order valence-electron chi connectivity index (χ0n) is 14.5. The van der Waals surface area contributed by atoms with Gasteiger partial charge in [-0.1, -0.05) is 19.3 Å². The van der Waals surface area contributed by atoms with Gasteiger partial charge in [-0.2, -0.15) is 11.8 Å². The molecule has 22 heavy (non-hydrogen) atoms. The second-order valence-corrected chi connectivity index (χ2v) is 8.44. The Balaban J connectivity index is 0.00000242. The van der Waals surface area contributed by atoms with Crippen LogP contribution in [0.1, 0.15) is 46.0 Å². The van der Waals surface area contributed by atoms with Gasteiger partial charge in [0.25, 0.3) is 0 Å². The van der Waals surface area contributed by atoms with Gasteiger partial charge in [0.2, 0.25) is 0 Å². The summed E-state index contributed by atoms with van der Waals surface area (Å²) >= 11 is 2.20. The molecular weight excluding hydrogens is 409 g/mol. The Morgan fingerprint density at radius 3 is 2.59 bits per heavy atom. The maximum Gasteiger partial charge on any atom is 0.193 e. The smallest absolute Gasteiger partial charge is 0.193 e. The molecule has 1 N–H and O–H groups in total. The van der Waals surface area contributed by atoms with E-state index < -0.39 is 0 Å². The average Bonchev–Trinajstić information content (AvgIpc) is 2.49. The lowest BCUT2D eigenvalue weighted by Gasteiger charge is -2.45. The Bertz CT molecular complexity index is 365. The molecule has 2 aliphatic rings. The van der Waals surface area contributed by atoms with Gasteiger partial charge in [0.05, 0.1) is 5.60 Å². The molecule has 1 saturated carbocycles. The quantitative estimate of drug-likeness (QED) is 0.414. The molecule has 0 aromatic rings. The average molecular weight is 441 g/mol. The van der Waals surface area contributed by atoms with Gasteiger partial charge in [-0.15, -0.1) is 24.0 Å². The molecule has 0 atom stereocenters. The van der Waals surface area contributed by atoms with Gasteiger partial charge < -0.3 is 15.0 Å². The van der Waals surface area contributed by atoms with Gasteiger partial charge in [-0.05, 0) is 26.7 Å². The third-order valence-electron chi connectivity index (χ3n) is 4.75. The zero-order chi connectivity index (χ0) is 15.3. The summed E-state index contributed by atoms with van der Waals surface area (Å²) in [5.74, 6) is 2.25. The standard InChI is InChI=1S/C16H31N3OS.HI/c1-15(2,20-4)12-18-14(17-3)19-10-11-21-16(13-19)8-6-5-7-9-16;/h5-13H2,1-4H3,(H,17,18);1H. The van der Waals surface area contributed by atoms with Crippen molar-refractivity contribution in [3.05, 3.63) is 0 Å². The number of hydrogen-bond acceptors (Lipinski definition) is 3. The number of guanidine groups is 1. The zero-order valence-corrected chi connectivity index (χ0v) is 17.6. The lowest BCUT2D eigenvalue weighted by molar-refractivity contribution is 0.0263. The summed E-state index contributed by atoms with van der Waals surface area (Å²) in [6.07, 6.45) is 6.94. The first-order valence-electron chi connectivity index (χ1n) is 8.15. The van der Waals surface area contributed by atoms with Crippen LogP contribution in [0.25, 0.3) is 0 Å². The Morgan fingerprint density at radius 1 is 1.32 bits per heavy atom. The molecule has 0 aromatic carbocycles. The Morgan fingerprint density at radius 2 is 2.00 bits per heavy atom. The molecule has 0 amide bonds. The molecule has 1 aliphatic heterocycles. The maximum atomic E-state index is 5.49.